The SMILES string of the molecule is CCOC1CCN(CCC(O)c2cccc(Cl)c2)CC1. The summed E-state index contributed by atoms with van der Waals surface area (Å²) in [5.74, 6) is 0. The Morgan fingerprint density at radius 1 is 1.40 bits per heavy atom. The lowest BCUT2D eigenvalue weighted by Gasteiger charge is -2.32. The van der Waals surface area contributed by atoms with Crippen molar-refractivity contribution in [2.75, 3.05) is 26.2 Å². The van der Waals surface area contributed by atoms with Gasteiger partial charge in [0.15, 0.2) is 0 Å². The average molecular weight is 298 g/mol. The topological polar surface area (TPSA) is 32.7 Å². The minimum absolute atomic E-state index is 0.425. The van der Waals surface area contributed by atoms with Crippen molar-refractivity contribution in [3.05, 3.63) is 34.9 Å². The molecule has 3 nitrogen and oxygen atoms in total. The summed E-state index contributed by atoms with van der Waals surface area (Å²) >= 11 is 5.95. The number of rotatable bonds is 6. The van der Waals surface area contributed by atoms with Crippen molar-refractivity contribution in [3.8, 4) is 0 Å². The Kier molecular flexibility index (Phi) is 6.30. The number of piperidine rings is 1. The highest BCUT2D eigenvalue weighted by molar-refractivity contribution is 6.30. The highest BCUT2D eigenvalue weighted by atomic mass is 35.5. The van der Waals surface area contributed by atoms with Crippen molar-refractivity contribution >= 4 is 11.6 Å². The standard InChI is InChI=1S/C16H24ClNO2/c1-2-20-15-6-9-18(10-7-15)11-8-16(19)13-4-3-5-14(17)12-13/h3-5,12,15-16,19H,2,6-11H2,1H3. The number of benzene rings is 1. The fourth-order valence-corrected chi connectivity index (χ4v) is 2.92. The van der Waals surface area contributed by atoms with Gasteiger partial charge in [-0.25, -0.2) is 0 Å². The van der Waals surface area contributed by atoms with E-state index < -0.39 is 6.10 Å². The number of halogens is 1. The molecule has 0 aliphatic carbocycles. The first kappa shape index (κ1) is 15.8. The third-order valence-electron chi connectivity index (χ3n) is 3.89. The number of hydrogen-bond acceptors (Lipinski definition) is 3. The van der Waals surface area contributed by atoms with Crippen LogP contribution in [0.3, 0.4) is 0 Å². The van der Waals surface area contributed by atoms with Crippen LogP contribution in [-0.4, -0.2) is 42.4 Å². The van der Waals surface area contributed by atoms with E-state index in [-0.39, 0.29) is 0 Å². The van der Waals surface area contributed by atoms with Crippen LogP contribution in [-0.2, 0) is 4.74 Å². The molecule has 112 valence electrons. The van der Waals surface area contributed by atoms with Gasteiger partial charge in [-0.15, -0.1) is 0 Å². The molecule has 20 heavy (non-hydrogen) atoms. The molecule has 0 radical (unpaired) electrons. The van der Waals surface area contributed by atoms with Crippen LogP contribution in [0.2, 0.25) is 5.02 Å². The first-order valence-corrected chi connectivity index (χ1v) is 7.84. The second-order valence-electron chi connectivity index (χ2n) is 5.36. The number of hydrogen-bond donors (Lipinski definition) is 1. The average Bonchev–Trinajstić information content (AvgIpc) is 2.46. The Bertz CT molecular complexity index is 405. The molecule has 0 amide bonds. The van der Waals surface area contributed by atoms with E-state index >= 15 is 0 Å². The predicted octanol–water partition coefficient (Wildman–Crippen LogP) is 3.26. The maximum Gasteiger partial charge on any atom is 0.0802 e. The molecule has 0 spiro atoms. The van der Waals surface area contributed by atoms with E-state index in [1.165, 1.54) is 0 Å². The maximum absolute atomic E-state index is 10.2. The lowest BCUT2D eigenvalue weighted by molar-refractivity contribution is 0.0112. The summed E-state index contributed by atoms with van der Waals surface area (Å²) in [6.07, 6.45) is 2.94. The molecule has 1 unspecified atom stereocenters. The molecule has 1 fully saturated rings. The van der Waals surface area contributed by atoms with Gasteiger partial charge in [-0.1, -0.05) is 23.7 Å². The van der Waals surface area contributed by atoms with Gasteiger partial charge in [0, 0.05) is 31.3 Å². The smallest absolute Gasteiger partial charge is 0.0802 e. The summed E-state index contributed by atoms with van der Waals surface area (Å²) in [4.78, 5) is 2.41. The van der Waals surface area contributed by atoms with Crippen molar-refractivity contribution in [2.24, 2.45) is 0 Å². The van der Waals surface area contributed by atoms with E-state index in [0.717, 1.165) is 51.1 Å². The second-order valence-corrected chi connectivity index (χ2v) is 5.79. The van der Waals surface area contributed by atoms with Crippen molar-refractivity contribution in [1.82, 2.24) is 4.90 Å². The summed E-state index contributed by atoms with van der Waals surface area (Å²) in [5, 5.41) is 10.9. The summed E-state index contributed by atoms with van der Waals surface area (Å²) < 4.78 is 5.65. The molecule has 1 aliphatic rings. The van der Waals surface area contributed by atoms with Crippen molar-refractivity contribution < 1.29 is 9.84 Å². The van der Waals surface area contributed by atoms with Crippen LogP contribution in [0.4, 0.5) is 0 Å². The van der Waals surface area contributed by atoms with E-state index in [2.05, 4.69) is 4.90 Å². The molecule has 1 aromatic rings. The molecule has 2 rings (SSSR count). The van der Waals surface area contributed by atoms with Gasteiger partial charge in [0.25, 0.3) is 0 Å². The van der Waals surface area contributed by atoms with E-state index in [1.807, 2.05) is 31.2 Å². The fraction of sp³-hybridized carbons (Fsp3) is 0.625. The van der Waals surface area contributed by atoms with Crippen LogP contribution in [0, 0.1) is 0 Å². The van der Waals surface area contributed by atoms with Gasteiger partial charge in [0.1, 0.15) is 0 Å². The van der Waals surface area contributed by atoms with Crippen molar-refractivity contribution in [3.63, 3.8) is 0 Å². The van der Waals surface area contributed by atoms with E-state index in [9.17, 15) is 5.11 Å². The van der Waals surface area contributed by atoms with Gasteiger partial charge in [0.05, 0.1) is 12.2 Å². The minimum atomic E-state index is -0.432. The van der Waals surface area contributed by atoms with Crippen LogP contribution >= 0.6 is 11.6 Å². The summed E-state index contributed by atoms with van der Waals surface area (Å²) in [6.45, 7) is 5.90. The van der Waals surface area contributed by atoms with Gasteiger partial charge in [0.2, 0.25) is 0 Å². The first-order valence-electron chi connectivity index (χ1n) is 7.46. The maximum atomic E-state index is 10.2. The van der Waals surface area contributed by atoms with Crippen LogP contribution < -0.4 is 0 Å². The quantitative estimate of drug-likeness (QED) is 0.875. The van der Waals surface area contributed by atoms with Gasteiger partial charge in [-0.05, 0) is 43.9 Å². The number of aliphatic hydroxyl groups excluding tert-OH is 1. The number of aliphatic hydroxyl groups is 1. The Balaban J connectivity index is 1.73. The highest BCUT2D eigenvalue weighted by Gasteiger charge is 2.19. The Labute approximate surface area is 126 Å². The zero-order chi connectivity index (χ0) is 14.4. The molecule has 1 atom stereocenters. The lowest BCUT2D eigenvalue weighted by atomic mass is 10.0. The molecule has 1 heterocycles. The molecule has 1 aromatic carbocycles. The molecular weight excluding hydrogens is 274 g/mol. The fourth-order valence-electron chi connectivity index (χ4n) is 2.72. The Hall–Kier alpha value is -0.610. The molecule has 0 aromatic heterocycles. The molecule has 4 heteroatoms. The van der Waals surface area contributed by atoms with Crippen LogP contribution in [0.5, 0.6) is 0 Å². The number of ether oxygens (including phenoxy) is 1. The van der Waals surface area contributed by atoms with Gasteiger partial charge < -0.3 is 14.7 Å². The van der Waals surface area contributed by atoms with E-state index in [1.54, 1.807) is 0 Å². The molecule has 1 saturated heterocycles. The lowest BCUT2D eigenvalue weighted by Crippen LogP contribution is -2.37. The molecule has 1 aliphatic heterocycles. The molecule has 0 bridgehead atoms. The minimum Gasteiger partial charge on any atom is -0.388 e. The summed E-state index contributed by atoms with van der Waals surface area (Å²) in [6, 6.07) is 7.48. The van der Waals surface area contributed by atoms with E-state index in [0.29, 0.717) is 11.1 Å². The zero-order valence-electron chi connectivity index (χ0n) is 12.1. The van der Waals surface area contributed by atoms with Gasteiger partial charge in [-0.2, -0.15) is 0 Å². The predicted molar refractivity (Wildman–Crippen MR) is 82.1 cm³/mol. The van der Waals surface area contributed by atoms with Crippen molar-refractivity contribution in [2.45, 2.75) is 38.4 Å². The normalized spacial score (nSPS) is 19.1. The van der Waals surface area contributed by atoms with Crippen LogP contribution in [0.25, 0.3) is 0 Å². The summed E-state index contributed by atoms with van der Waals surface area (Å²) in [7, 11) is 0. The molecule has 1 N–H and O–H groups in total. The van der Waals surface area contributed by atoms with Crippen molar-refractivity contribution in [1.29, 1.82) is 0 Å². The van der Waals surface area contributed by atoms with E-state index in [4.69, 9.17) is 16.3 Å². The monoisotopic (exact) mass is 297 g/mol. The number of nitrogens with zero attached hydrogens (tertiary/aromatic N) is 1. The number of likely N-dealkylation sites (tertiary alicyclic amines) is 1. The third-order valence-corrected chi connectivity index (χ3v) is 4.12. The van der Waals surface area contributed by atoms with Crippen LogP contribution in [0.1, 0.15) is 37.9 Å². The second kappa shape index (κ2) is 7.99. The summed E-state index contributed by atoms with van der Waals surface area (Å²) in [5.41, 5.74) is 0.904. The van der Waals surface area contributed by atoms with Gasteiger partial charge >= 0.3 is 0 Å². The zero-order valence-corrected chi connectivity index (χ0v) is 12.9. The Morgan fingerprint density at radius 3 is 2.80 bits per heavy atom. The highest BCUT2D eigenvalue weighted by Crippen LogP contribution is 2.21. The molecule has 0 saturated carbocycles. The molecular formula is C16H24ClNO2. The first-order chi connectivity index (χ1) is 9.69. The largest absolute Gasteiger partial charge is 0.388 e. The Morgan fingerprint density at radius 2 is 2.15 bits per heavy atom. The van der Waals surface area contributed by atoms with Crippen LogP contribution in [0.15, 0.2) is 24.3 Å². The van der Waals surface area contributed by atoms with Gasteiger partial charge in [-0.3, -0.25) is 0 Å². The third kappa shape index (κ3) is 4.74.